The van der Waals surface area contributed by atoms with Crippen LogP contribution in [0.2, 0.25) is 0 Å². The predicted octanol–water partition coefficient (Wildman–Crippen LogP) is 3.23. The maximum atomic E-state index is 12.0. The second-order valence-corrected chi connectivity index (χ2v) is 4.64. The van der Waals surface area contributed by atoms with E-state index in [9.17, 15) is 4.79 Å². The van der Waals surface area contributed by atoms with E-state index in [4.69, 9.17) is 4.74 Å². The Morgan fingerprint density at radius 3 is 2.76 bits per heavy atom. The number of amides is 1. The molecule has 0 spiro atoms. The molecule has 0 bridgehead atoms. The molecule has 106 valence electrons. The van der Waals surface area contributed by atoms with Crippen molar-refractivity contribution in [1.29, 1.82) is 0 Å². The van der Waals surface area contributed by atoms with E-state index in [1.54, 1.807) is 13.0 Å². The van der Waals surface area contributed by atoms with Crippen LogP contribution in [0, 0.1) is 0 Å². The minimum absolute atomic E-state index is 0.281. The van der Waals surface area contributed by atoms with Gasteiger partial charge in [-0.2, -0.15) is 0 Å². The second kappa shape index (κ2) is 5.66. The van der Waals surface area contributed by atoms with Crippen LogP contribution >= 0.6 is 0 Å². The lowest BCUT2D eigenvalue weighted by atomic mass is 10.1. The Morgan fingerprint density at radius 2 is 2.00 bits per heavy atom. The minimum atomic E-state index is -0.636. The summed E-state index contributed by atoms with van der Waals surface area (Å²) < 4.78 is 10.3. The third kappa shape index (κ3) is 3.02. The zero-order chi connectivity index (χ0) is 14.7. The van der Waals surface area contributed by atoms with Crippen molar-refractivity contribution in [3.63, 3.8) is 0 Å². The van der Waals surface area contributed by atoms with Gasteiger partial charge in [-0.3, -0.25) is 4.79 Å². The summed E-state index contributed by atoms with van der Waals surface area (Å²) in [6.07, 6.45) is 0.757. The van der Waals surface area contributed by atoms with E-state index in [0.717, 1.165) is 10.8 Å². The van der Waals surface area contributed by atoms with Gasteiger partial charge in [-0.15, -0.1) is 0 Å². The fourth-order valence-corrected chi connectivity index (χ4v) is 2.00. The van der Waals surface area contributed by atoms with Crippen LogP contribution in [0.1, 0.15) is 6.92 Å². The molecule has 21 heavy (non-hydrogen) atoms. The van der Waals surface area contributed by atoms with Gasteiger partial charge in [0.1, 0.15) is 12.0 Å². The van der Waals surface area contributed by atoms with Crippen molar-refractivity contribution in [3.05, 3.63) is 54.8 Å². The molecule has 0 radical (unpaired) electrons. The van der Waals surface area contributed by atoms with Crippen LogP contribution in [-0.4, -0.2) is 17.2 Å². The summed E-state index contributed by atoms with van der Waals surface area (Å²) in [5, 5.41) is 8.43. The van der Waals surface area contributed by atoms with Crippen molar-refractivity contribution in [2.75, 3.05) is 5.32 Å². The number of fused-ring (bicyclic) bond motifs is 1. The molecule has 2 aromatic carbocycles. The zero-order valence-electron chi connectivity index (χ0n) is 11.4. The number of nitrogens with one attached hydrogen (secondary N) is 1. The molecule has 1 aromatic heterocycles. The summed E-state index contributed by atoms with van der Waals surface area (Å²) in [7, 11) is 0. The van der Waals surface area contributed by atoms with E-state index in [1.165, 1.54) is 6.26 Å². The minimum Gasteiger partial charge on any atom is -0.481 e. The van der Waals surface area contributed by atoms with Gasteiger partial charge in [-0.05, 0) is 29.8 Å². The number of carbonyl (C=O) groups is 1. The third-order valence-electron chi connectivity index (χ3n) is 3.09. The number of nitrogens with zero attached hydrogens (tertiary/aromatic N) is 1. The lowest BCUT2D eigenvalue weighted by molar-refractivity contribution is -0.122. The molecule has 1 atom stereocenters. The van der Waals surface area contributed by atoms with Gasteiger partial charge >= 0.3 is 0 Å². The average molecular weight is 282 g/mol. The van der Waals surface area contributed by atoms with Crippen LogP contribution in [-0.2, 0) is 4.79 Å². The second-order valence-electron chi connectivity index (χ2n) is 4.64. The van der Waals surface area contributed by atoms with Crippen molar-refractivity contribution >= 4 is 22.5 Å². The highest BCUT2D eigenvalue weighted by Crippen LogP contribution is 2.21. The Balaban J connectivity index is 1.70. The fourth-order valence-electron chi connectivity index (χ4n) is 2.00. The van der Waals surface area contributed by atoms with Crippen molar-refractivity contribution < 1.29 is 14.1 Å². The highest BCUT2D eigenvalue weighted by atomic mass is 16.5. The van der Waals surface area contributed by atoms with Crippen LogP contribution < -0.4 is 10.1 Å². The number of hydrogen-bond acceptors (Lipinski definition) is 4. The molecule has 0 saturated carbocycles. The number of benzene rings is 2. The highest BCUT2D eigenvalue weighted by molar-refractivity contribution is 5.93. The quantitative estimate of drug-likeness (QED) is 0.798. The first-order chi connectivity index (χ1) is 10.2. The first-order valence-electron chi connectivity index (χ1n) is 6.59. The number of ether oxygens (including phenoxy) is 1. The zero-order valence-corrected chi connectivity index (χ0v) is 11.4. The predicted molar refractivity (Wildman–Crippen MR) is 79.2 cm³/mol. The summed E-state index contributed by atoms with van der Waals surface area (Å²) in [4.78, 5) is 12.0. The number of rotatable bonds is 4. The lowest BCUT2D eigenvalue weighted by Crippen LogP contribution is -2.30. The Kier molecular flexibility index (Phi) is 3.55. The maximum Gasteiger partial charge on any atom is 0.266 e. The van der Waals surface area contributed by atoms with Crippen LogP contribution in [0.5, 0.6) is 5.75 Å². The van der Waals surface area contributed by atoms with Crippen molar-refractivity contribution in [3.8, 4) is 5.75 Å². The summed E-state index contributed by atoms with van der Waals surface area (Å²) in [6.45, 7) is 1.69. The van der Waals surface area contributed by atoms with Crippen LogP contribution in [0.25, 0.3) is 10.8 Å². The topological polar surface area (TPSA) is 64.4 Å². The van der Waals surface area contributed by atoms with E-state index in [2.05, 4.69) is 15.0 Å². The Labute approximate surface area is 121 Å². The van der Waals surface area contributed by atoms with Gasteiger partial charge in [0.2, 0.25) is 0 Å². The van der Waals surface area contributed by atoms with Crippen LogP contribution in [0.15, 0.2) is 59.3 Å². The van der Waals surface area contributed by atoms with E-state index in [-0.39, 0.29) is 5.91 Å². The first kappa shape index (κ1) is 13.2. The smallest absolute Gasteiger partial charge is 0.266 e. The molecule has 5 nitrogen and oxygen atoms in total. The molecule has 1 unspecified atom stereocenters. The highest BCUT2D eigenvalue weighted by Gasteiger charge is 2.16. The lowest BCUT2D eigenvalue weighted by Gasteiger charge is -2.14. The molecule has 0 fully saturated rings. The number of carbonyl (C=O) groups excluding carboxylic acids is 1. The van der Waals surface area contributed by atoms with Gasteiger partial charge in [0.05, 0.1) is 0 Å². The van der Waals surface area contributed by atoms with Gasteiger partial charge in [0.15, 0.2) is 11.9 Å². The fraction of sp³-hybridized carbons (Fsp3) is 0.125. The van der Waals surface area contributed by atoms with Crippen LogP contribution in [0.4, 0.5) is 5.82 Å². The molecule has 0 aliphatic rings. The molecular weight excluding hydrogens is 268 g/mol. The number of aromatic nitrogens is 1. The maximum absolute atomic E-state index is 12.0. The molecule has 1 N–H and O–H groups in total. The molecule has 5 heteroatoms. The van der Waals surface area contributed by atoms with Crippen molar-refractivity contribution in [2.45, 2.75) is 13.0 Å². The van der Waals surface area contributed by atoms with Crippen molar-refractivity contribution in [2.24, 2.45) is 0 Å². The number of anilines is 1. The molecule has 3 aromatic rings. The third-order valence-corrected chi connectivity index (χ3v) is 3.09. The molecular formula is C16H14N2O3. The van der Waals surface area contributed by atoms with E-state index >= 15 is 0 Å². The average Bonchev–Trinajstić information content (AvgIpc) is 3.00. The Hall–Kier alpha value is -2.82. The van der Waals surface area contributed by atoms with Gasteiger partial charge < -0.3 is 14.6 Å². The normalized spacial score (nSPS) is 12.0. The Morgan fingerprint density at radius 1 is 1.19 bits per heavy atom. The summed E-state index contributed by atoms with van der Waals surface area (Å²) in [5.41, 5.74) is 0. The van der Waals surface area contributed by atoms with E-state index in [1.807, 2.05) is 42.5 Å². The van der Waals surface area contributed by atoms with Gasteiger partial charge in [0, 0.05) is 6.07 Å². The molecule has 3 rings (SSSR count). The summed E-state index contributed by atoms with van der Waals surface area (Å²) >= 11 is 0. The largest absolute Gasteiger partial charge is 0.481 e. The molecule has 1 heterocycles. The molecule has 0 saturated heterocycles. The standard InChI is InChI=1S/C16H14N2O3/c1-11(16(19)17-15-8-9-20-18-15)21-14-7-6-12-4-2-3-5-13(12)10-14/h2-11H,1H3,(H,17,18,19). The monoisotopic (exact) mass is 282 g/mol. The van der Waals surface area contributed by atoms with Gasteiger partial charge in [-0.1, -0.05) is 35.5 Å². The summed E-state index contributed by atoms with van der Waals surface area (Å²) in [6, 6.07) is 15.3. The van der Waals surface area contributed by atoms with Gasteiger partial charge in [0.25, 0.3) is 5.91 Å². The first-order valence-corrected chi connectivity index (χ1v) is 6.59. The van der Waals surface area contributed by atoms with Crippen molar-refractivity contribution in [1.82, 2.24) is 5.16 Å². The molecule has 0 aliphatic heterocycles. The SMILES string of the molecule is CC(Oc1ccc2ccccc2c1)C(=O)Nc1ccon1. The molecule has 1 amide bonds. The van der Waals surface area contributed by atoms with Gasteiger partial charge in [-0.25, -0.2) is 0 Å². The van der Waals surface area contributed by atoms with E-state index < -0.39 is 6.10 Å². The summed E-state index contributed by atoms with van der Waals surface area (Å²) in [5.74, 6) is 0.738. The van der Waals surface area contributed by atoms with E-state index in [0.29, 0.717) is 11.6 Å². The van der Waals surface area contributed by atoms with Crippen LogP contribution in [0.3, 0.4) is 0 Å². The number of hydrogen-bond donors (Lipinski definition) is 1. The molecule has 0 aliphatic carbocycles. The Bertz CT molecular complexity index is 753.